The lowest BCUT2D eigenvalue weighted by Crippen LogP contribution is -2.24. The molecular weight excluding hydrogens is 327 g/mol. The van der Waals surface area contributed by atoms with E-state index in [0.29, 0.717) is 11.0 Å². The number of alkyl halides is 3. The van der Waals surface area contributed by atoms with Crippen LogP contribution < -0.4 is 4.74 Å². The van der Waals surface area contributed by atoms with Crippen molar-refractivity contribution in [2.24, 2.45) is 0 Å². The van der Waals surface area contributed by atoms with Gasteiger partial charge in [0.05, 0.1) is 18.0 Å². The van der Waals surface area contributed by atoms with Gasteiger partial charge in [-0.25, -0.2) is 0 Å². The van der Waals surface area contributed by atoms with Gasteiger partial charge in [-0.15, -0.1) is 0 Å². The third kappa shape index (κ3) is 5.28. The average molecular weight is 342 g/mol. The van der Waals surface area contributed by atoms with E-state index < -0.39 is 12.6 Å². The third-order valence-electron chi connectivity index (χ3n) is 2.54. The fourth-order valence-corrected chi connectivity index (χ4v) is 2.07. The molecule has 0 saturated heterocycles. The highest BCUT2D eigenvalue weighted by molar-refractivity contribution is 9.10. The van der Waals surface area contributed by atoms with Crippen molar-refractivity contribution in [3.05, 3.63) is 22.2 Å². The molecule has 0 radical (unpaired) electrons. The number of phenolic OH excluding ortho intramolecular Hbond substituents is 1. The second-order valence-electron chi connectivity index (χ2n) is 4.23. The molecule has 0 heterocycles. The Labute approximate surface area is 118 Å². The van der Waals surface area contributed by atoms with E-state index in [0.717, 1.165) is 5.56 Å². The van der Waals surface area contributed by atoms with E-state index in [1.807, 2.05) is 0 Å². The maximum Gasteiger partial charge on any atom is 0.390 e. The highest BCUT2D eigenvalue weighted by atomic mass is 79.9. The molecule has 19 heavy (non-hydrogen) atoms. The van der Waals surface area contributed by atoms with Crippen molar-refractivity contribution in [1.29, 1.82) is 0 Å². The first-order valence-electron chi connectivity index (χ1n) is 5.53. The summed E-state index contributed by atoms with van der Waals surface area (Å²) < 4.78 is 41.7. The molecule has 0 atom stereocenters. The van der Waals surface area contributed by atoms with Crippen LogP contribution in [0.4, 0.5) is 13.2 Å². The largest absolute Gasteiger partial charge is 0.503 e. The maximum atomic E-state index is 12.1. The first-order chi connectivity index (χ1) is 8.73. The third-order valence-corrected chi connectivity index (χ3v) is 3.14. The van der Waals surface area contributed by atoms with Gasteiger partial charge in [-0.2, -0.15) is 13.2 Å². The zero-order valence-corrected chi connectivity index (χ0v) is 12.2. The smallest absolute Gasteiger partial charge is 0.390 e. The van der Waals surface area contributed by atoms with E-state index in [1.54, 1.807) is 24.1 Å². The number of aromatic hydroxyl groups is 1. The van der Waals surface area contributed by atoms with Crippen molar-refractivity contribution >= 4 is 15.9 Å². The molecule has 108 valence electrons. The first kappa shape index (κ1) is 16.1. The van der Waals surface area contributed by atoms with Crippen LogP contribution >= 0.6 is 15.9 Å². The molecule has 0 amide bonds. The Kier molecular flexibility index (Phi) is 5.49. The van der Waals surface area contributed by atoms with Gasteiger partial charge in [0.15, 0.2) is 11.5 Å². The SMILES string of the molecule is COc1cc(CN(C)CCC(F)(F)F)cc(Br)c1O. The zero-order chi connectivity index (χ0) is 14.6. The van der Waals surface area contributed by atoms with E-state index in [1.165, 1.54) is 7.11 Å². The topological polar surface area (TPSA) is 32.7 Å². The predicted octanol–water partition coefficient (Wildman–Crippen LogP) is 3.55. The van der Waals surface area contributed by atoms with Gasteiger partial charge in [-0.3, -0.25) is 0 Å². The van der Waals surface area contributed by atoms with Crippen LogP contribution in [0.15, 0.2) is 16.6 Å². The van der Waals surface area contributed by atoms with Gasteiger partial charge >= 0.3 is 6.18 Å². The maximum absolute atomic E-state index is 12.1. The number of nitrogens with zero attached hydrogens (tertiary/aromatic N) is 1. The van der Waals surface area contributed by atoms with Crippen LogP contribution in [0.1, 0.15) is 12.0 Å². The molecule has 0 bridgehead atoms. The van der Waals surface area contributed by atoms with E-state index in [-0.39, 0.29) is 18.0 Å². The van der Waals surface area contributed by atoms with Crippen molar-refractivity contribution in [2.45, 2.75) is 19.1 Å². The van der Waals surface area contributed by atoms with Crippen LogP contribution in [0.25, 0.3) is 0 Å². The summed E-state index contributed by atoms with van der Waals surface area (Å²) in [5.41, 5.74) is 0.756. The quantitative estimate of drug-likeness (QED) is 0.888. The molecule has 7 heteroatoms. The van der Waals surface area contributed by atoms with Gasteiger partial charge in [-0.05, 0) is 40.7 Å². The van der Waals surface area contributed by atoms with Crippen LogP contribution in [-0.2, 0) is 6.54 Å². The van der Waals surface area contributed by atoms with Crippen molar-refractivity contribution in [3.63, 3.8) is 0 Å². The van der Waals surface area contributed by atoms with Crippen molar-refractivity contribution in [1.82, 2.24) is 4.90 Å². The van der Waals surface area contributed by atoms with Crippen molar-refractivity contribution < 1.29 is 23.0 Å². The molecule has 0 unspecified atom stereocenters. The monoisotopic (exact) mass is 341 g/mol. The summed E-state index contributed by atoms with van der Waals surface area (Å²) in [5, 5.41) is 9.63. The van der Waals surface area contributed by atoms with E-state index >= 15 is 0 Å². The number of ether oxygens (including phenoxy) is 1. The Hall–Kier alpha value is -0.950. The van der Waals surface area contributed by atoms with E-state index in [4.69, 9.17) is 4.74 Å². The Bertz CT molecular complexity index is 438. The van der Waals surface area contributed by atoms with Crippen molar-refractivity contribution in [3.8, 4) is 11.5 Å². The number of halogens is 4. The number of rotatable bonds is 5. The Morgan fingerprint density at radius 1 is 1.37 bits per heavy atom. The Morgan fingerprint density at radius 2 is 2.00 bits per heavy atom. The summed E-state index contributed by atoms with van der Waals surface area (Å²) in [4.78, 5) is 1.56. The molecular formula is C12H15BrF3NO2. The lowest BCUT2D eigenvalue weighted by molar-refractivity contribution is -0.137. The summed E-state index contributed by atoms with van der Waals surface area (Å²) in [6.45, 7) is 0.260. The number of hydrogen-bond acceptors (Lipinski definition) is 3. The van der Waals surface area contributed by atoms with Crippen LogP contribution in [0.3, 0.4) is 0 Å². The molecule has 1 aromatic carbocycles. The molecule has 0 aliphatic carbocycles. The second-order valence-corrected chi connectivity index (χ2v) is 5.09. The highest BCUT2D eigenvalue weighted by Crippen LogP contribution is 2.35. The summed E-state index contributed by atoms with van der Waals surface area (Å²) >= 11 is 3.17. The van der Waals surface area contributed by atoms with Gasteiger partial charge in [0.25, 0.3) is 0 Å². The first-order valence-corrected chi connectivity index (χ1v) is 6.33. The minimum absolute atomic E-state index is 0.0239. The lowest BCUT2D eigenvalue weighted by Gasteiger charge is -2.18. The standard InChI is InChI=1S/C12H15BrF3NO2/c1-17(4-3-12(14,15)16)7-8-5-9(13)11(18)10(6-8)19-2/h5-6,18H,3-4,7H2,1-2H3. The lowest BCUT2D eigenvalue weighted by atomic mass is 10.2. The van der Waals surface area contributed by atoms with E-state index in [2.05, 4.69) is 15.9 Å². The average Bonchev–Trinajstić information content (AvgIpc) is 2.30. The van der Waals surface area contributed by atoms with Gasteiger partial charge in [0, 0.05) is 13.1 Å². The molecule has 0 aromatic heterocycles. The van der Waals surface area contributed by atoms with Crippen LogP contribution in [0, 0.1) is 0 Å². The molecule has 1 rings (SSSR count). The number of hydrogen-bond donors (Lipinski definition) is 1. The number of phenols is 1. The summed E-state index contributed by atoms with van der Waals surface area (Å²) in [6, 6.07) is 3.26. The van der Waals surface area contributed by atoms with Crippen LogP contribution in [-0.4, -0.2) is 36.9 Å². The molecule has 3 nitrogen and oxygen atoms in total. The molecule has 1 aromatic rings. The Morgan fingerprint density at radius 3 is 2.53 bits per heavy atom. The fourth-order valence-electron chi connectivity index (χ4n) is 1.58. The minimum atomic E-state index is -4.15. The summed E-state index contributed by atoms with van der Waals surface area (Å²) in [7, 11) is 3.03. The van der Waals surface area contributed by atoms with E-state index in [9.17, 15) is 18.3 Å². The van der Waals surface area contributed by atoms with Crippen LogP contribution in [0.2, 0.25) is 0 Å². The van der Waals surface area contributed by atoms with Gasteiger partial charge in [-0.1, -0.05) is 0 Å². The fraction of sp³-hybridized carbons (Fsp3) is 0.500. The molecule has 0 spiro atoms. The predicted molar refractivity (Wildman–Crippen MR) is 69.4 cm³/mol. The molecule has 0 saturated carbocycles. The zero-order valence-electron chi connectivity index (χ0n) is 10.6. The van der Waals surface area contributed by atoms with Gasteiger partial charge in [0.1, 0.15) is 0 Å². The van der Waals surface area contributed by atoms with Crippen LogP contribution in [0.5, 0.6) is 11.5 Å². The summed E-state index contributed by atoms with van der Waals surface area (Å²) in [6.07, 6.45) is -5.00. The number of methoxy groups -OCH3 is 1. The van der Waals surface area contributed by atoms with Gasteiger partial charge in [0.2, 0.25) is 0 Å². The Balaban J connectivity index is 2.69. The van der Waals surface area contributed by atoms with Crippen molar-refractivity contribution in [2.75, 3.05) is 20.7 Å². The minimum Gasteiger partial charge on any atom is -0.503 e. The molecule has 1 N–H and O–H groups in total. The number of benzene rings is 1. The molecule has 0 aliphatic heterocycles. The molecule has 0 aliphatic rings. The molecule has 0 fully saturated rings. The second kappa shape index (κ2) is 6.47. The normalized spacial score (nSPS) is 11.9. The van der Waals surface area contributed by atoms with Gasteiger partial charge < -0.3 is 14.7 Å². The summed E-state index contributed by atoms with van der Waals surface area (Å²) in [5.74, 6) is 0.262. The highest BCUT2D eigenvalue weighted by Gasteiger charge is 2.27.